The highest BCUT2D eigenvalue weighted by Crippen LogP contribution is 2.21. The minimum Gasteiger partial charge on any atom is -0.356 e. The number of aliphatic imine (C=N–C) groups is 1. The molecule has 0 unspecified atom stereocenters. The molecule has 2 aromatic heterocycles. The molecule has 1 aliphatic rings. The largest absolute Gasteiger partial charge is 0.356 e. The van der Waals surface area contributed by atoms with Gasteiger partial charge in [-0.1, -0.05) is 0 Å². The number of halogens is 1. The fraction of sp³-hybridized carbons (Fsp3) is 0.438. The molecule has 1 aliphatic heterocycles. The molecule has 0 atom stereocenters. The molecule has 9 heteroatoms. The van der Waals surface area contributed by atoms with Gasteiger partial charge in [0.15, 0.2) is 5.96 Å². The van der Waals surface area contributed by atoms with Gasteiger partial charge in [-0.15, -0.1) is 11.3 Å². The average molecular weight is 425 g/mol. The molecule has 1 saturated heterocycles. The quantitative estimate of drug-likeness (QED) is 0.602. The maximum atomic E-state index is 12.6. The van der Waals surface area contributed by atoms with Crippen molar-refractivity contribution in [1.82, 2.24) is 20.0 Å². The summed E-state index contributed by atoms with van der Waals surface area (Å²) in [7, 11) is 1.85. The normalized spacial score (nSPS) is 15.8. The first-order valence-corrected chi connectivity index (χ1v) is 9.79. The highest BCUT2D eigenvalue weighted by Gasteiger charge is 2.27. The van der Waals surface area contributed by atoms with Crippen LogP contribution in [0.15, 0.2) is 33.3 Å². The van der Waals surface area contributed by atoms with Gasteiger partial charge in [-0.05, 0) is 28.9 Å². The number of carbonyl (C=O) groups excluding carboxylic acids is 1. The van der Waals surface area contributed by atoms with Crippen LogP contribution in [0.2, 0.25) is 0 Å². The number of rotatable bonds is 4. The topological polar surface area (TPSA) is 65.8 Å². The highest BCUT2D eigenvalue weighted by molar-refractivity contribution is 9.10. The number of piperazine rings is 1. The monoisotopic (exact) mass is 424 g/mol. The van der Waals surface area contributed by atoms with E-state index in [4.69, 9.17) is 4.99 Å². The Morgan fingerprint density at radius 2 is 2.32 bits per heavy atom. The van der Waals surface area contributed by atoms with E-state index in [1.165, 1.54) is 4.88 Å². The second-order valence-corrected chi connectivity index (χ2v) is 7.65. The van der Waals surface area contributed by atoms with Crippen molar-refractivity contribution in [3.05, 3.63) is 33.2 Å². The molecule has 0 radical (unpaired) electrons. The standard InChI is InChI=1S/C16H21BrN6OS/c1-3-18-16(19-8-14-6-12(17)11-25-14)22-4-5-23(15(24)10-22)13-7-20-21(2)9-13/h6-7,9,11H,3-5,8,10H2,1-2H3,(H,18,19). The lowest BCUT2D eigenvalue weighted by molar-refractivity contribution is -0.120. The van der Waals surface area contributed by atoms with Crippen molar-refractivity contribution in [2.75, 3.05) is 31.1 Å². The third kappa shape index (κ3) is 4.40. The van der Waals surface area contributed by atoms with E-state index < -0.39 is 0 Å². The molecule has 3 rings (SSSR count). The summed E-state index contributed by atoms with van der Waals surface area (Å²) in [4.78, 5) is 22.2. The van der Waals surface area contributed by atoms with Gasteiger partial charge in [-0.2, -0.15) is 5.10 Å². The summed E-state index contributed by atoms with van der Waals surface area (Å²) in [5, 5.41) is 9.49. The molecule has 25 heavy (non-hydrogen) atoms. The van der Waals surface area contributed by atoms with Crippen LogP contribution in [0.25, 0.3) is 0 Å². The van der Waals surface area contributed by atoms with Crippen molar-refractivity contribution in [3.63, 3.8) is 0 Å². The van der Waals surface area contributed by atoms with Gasteiger partial charge >= 0.3 is 0 Å². The first-order valence-electron chi connectivity index (χ1n) is 8.12. The zero-order valence-electron chi connectivity index (χ0n) is 14.3. The summed E-state index contributed by atoms with van der Waals surface area (Å²) in [6, 6.07) is 2.07. The number of nitrogens with zero attached hydrogens (tertiary/aromatic N) is 5. The number of anilines is 1. The lowest BCUT2D eigenvalue weighted by Crippen LogP contribution is -2.55. The SMILES string of the molecule is CCNC(=NCc1cc(Br)cs1)N1CCN(c2cnn(C)c2)C(=O)C1. The number of nitrogens with one attached hydrogen (secondary N) is 1. The molecular formula is C16H21BrN6OS. The molecule has 1 amide bonds. The summed E-state index contributed by atoms with van der Waals surface area (Å²) in [6.45, 7) is 5.08. The first-order chi connectivity index (χ1) is 12.1. The van der Waals surface area contributed by atoms with E-state index in [1.807, 2.05) is 30.4 Å². The van der Waals surface area contributed by atoms with Crippen molar-refractivity contribution in [2.24, 2.45) is 12.0 Å². The number of amides is 1. The second kappa shape index (κ2) is 8.01. The predicted molar refractivity (Wildman–Crippen MR) is 104 cm³/mol. The molecule has 3 heterocycles. The Bertz CT molecular complexity index is 770. The Morgan fingerprint density at radius 3 is 2.92 bits per heavy atom. The maximum Gasteiger partial charge on any atom is 0.246 e. The van der Waals surface area contributed by atoms with Crippen molar-refractivity contribution in [1.29, 1.82) is 0 Å². The minimum absolute atomic E-state index is 0.0590. The predicted octanol–water partition coefficient (Wildman–Crippen LogP) is 2.06. The fourth-order valence-corrected chi connectivity index (χ4v) is 4.06. The van der Waals surface area contributed by atoms with Crippen molar-refractivity contribution < 1.29 is 4.79 Å². The van der Waals surface area contributed by atoms with E-state index in [1.54, 1.807) is 27.1 Å². The van der Waals surface area contributed by atoms with Gasteiger partial charge in [0.25, 0.3) is 0 Å². The van der Waals surface area contributed by atoms with Crippen LogP contribution in [0.4, 0.5) is 5.69 Å². The van der Waals surface area contributed by atoms with Crippen LogP contribution in [0.3, 0.4) is 0 Å². The van der Waals surface area contributed by atoms with Crippen LogP contribution in [0.1, 0.15) is 11.8 Å². The van der Waals surface area contributed by atoms with Crippen molar-refractivity contribution in [2.45, 2.75) is 13.5 Å². The number of carbonyl (C=O) groups is 1. The molecule has 134 valence electrons. The number of aromatic nitrogens is 2. The molecule has 0 spiro atoms. The Kier molecular flexibility index (Phi) is 5.74. The van der Waals surface area contributed by atoms with E-state index in [-0.39, 0.29) is 5.91 Å². The number of hydrogen-bond donors (Lipinski definition) is 1. The Hall–Kier alpha value is -1.87. The Labute approximate surface area is 159 Å². The van der Waals surface area contributed by atoms with E-state index in [9.17, 15) is 4.79 Å². The summed E-state index contributed by atoms with van der Waals surface area (Å²) in [6.07, 6.45) is 3.59. The zero-order valence-corrected chi connectivity index (χ0v) is 16.7. The van der Waals surface area contributed by atoms with Gasteiger partial charge in [-0.25, -0.2) is 4.99 Å². The van der Waals surface area contributed by atoms with Crippen LogP contribution in [-0.4, -0.2) is 52.7 Å². The van der Waals surface area contributed by atoms with Crippen LogP contribution >= 0.6 is 27.3 Å². The lowest BCUT2D eigenvalue weighted by atomic mass is 10.3. The second-order valence-electron chi connectivity index (χ2n) is 5.74. The van der Waals surface area contributed by atoms with E-state index >= 15 is 0 Å². The maximum absolute atomic E-state index is 12.6. The molecule has 1 N–H and O–H groups in total. The van der Waals surface area contributed by atoms with Crippen LogP contribution in [-0.2, 0) is 18.4 Å². The van der Waals surface area contributed by atoms with Gasteiger partial charge in [-0.3, -0.25) is 9.48 Å². The van der Waals surface area contributed by atoms with Crippen LogP contribution < -0.4 is 10.2 Å². The number of thiophene rings is 1. The van der Waals surface area contributed by atoms with E-state index in [0.29, 0.717) is 19.6 Å². The fourth-order valence-electron chi connectivity index (χ4n) is 2.69. The summed E-state index contributed by atoms with van der Waals surface area (Å²) in [5.41, 5.74) is 0.845. The minimum atomic E-state index is 0.0590. The molecule has 0 aliphatic carbocycles. The molecule has 0 aromatic carbocycles. The number of aryl methyl sites for hydroxylation is 1. The van der Waals surface area contributed by atoms with Gasteiger partial charge < -0.3 is 15.1 Å². The molecule has 0 bridgehead atoms. The Balaban J connectivity index is 1.67. The van der Waals surface area contributed by atoms with Gasteiger partial charge in [0.05, 0.1) is 18.4 Å². The van der Waals surface area contributed by atoms with Crippen LogP contribution in [0.5, 0.6) is 0 Å². The van der Waals surface area contributed by atoms with Crippen molar-refractivity contribution >= 4 is 44.8 Å². The van der Waals surface area contributed by atoms with Gasteiger partial charge in [0, 0.05) is 47.6 Å². The third-order valence-corrected chi connectivity index (χ3v) is 5.55. The van der Waals surface area contributed by atoms with E-state index in [0.717, 1.165) is 29.2 Å². The number of guanidine groups is 1. The molecule has 1 fully saturated rings. The zero-order chi connectivity index (χ0) is 17.8. The van der Waals surface area contributed by atoms with E-state index in [2.05, 4.69) is 32.4 Å². The summed E-state index contributed by atoms with van der Waals surface area (Å²) in [5.74, 6) is 0.843. The third-order valence-electron chi connectivity index (χ3n) is 3.86. The van der Waals surface area contributed by atoms with Crippen molar-refractivity contribution in [3.8, 4) is 0 Å². The molecular weight excluding hydrogens is 404 g/mol. The first kappa shape index (κ1) is 17.9. The Morgan fingerprint density at radius 1 is 1.48 bits per heavy atom. The lowest BCUT2D eigenvalue weighted by Gasteiger charge is -2.35. The summed E-state index contributed by atoms with van der Waals surface area (Å²) >= 11 is 5.14. The molecule has 2 aromatic rings. The van der Waals surface area contributed by atoms with Gasteiger partial charge in [0.2, 0.25) is 5.91 Å². The van der Waals surface area contributed by atoms with Gasteiger partial charge in [0.1, 0.15) is 6.54 Å². The number of hydrogen-bond acceptors (Lipinski definition) is 4. The highest BCUT2D eigenvalue weighted by atomic mass is 79.9. The molecule has 7 nitrogen and oxygen atoms in total. The summed E-state index contributed by atoms with van der Waals surface area (Å²) < 4.78 is 2.78. The average Bonchev–Trinajstić information content (AvgIpc) is 3.19. The smallest absolute Gasteiger partial charge is 0.246 e. The van der Waals surface area contributed by atoms with Crippen LogP contribution in [0, 0.1) is 0 Å². The molecule has 0 saturated carbocycles.